The molecule has 0 spiro atoms. The minimum absolute atomic E-state index is 0.672. The lowest BCUT2D eigenvalue weighted by atomic mass is 10.1. The molecule has 4 rings (SSSR count). The third-order valence-electron chi connectivity index (χ3n) is 4.35. The molecular formula is C19H18N6S. The summed E-state index contributed by atoms with van der Waals surface area (Å²) in [6.07, 6.45) is 0. The van der Waals surface area contributed by atoms with Gasteiger partial charge >= 0.3 is 0 Å². The van der Waals surface area contributed by atoms with Gasteiger partial charge in [-0.25, -0.2) is 0 Å². The number of rotatable bonds is 4. The maximum absolute atomic E-state index is 4.66. The maximum Gasteiger partial charge on any atom is 0.214 e. The van der Waals surface area contributed by atoms with Crippen molar-refractivity contribution in [1.29, 1.82) is 0 Å². The van der Waals surface area contributed by atoms with Gasteiger partial charge in [-0.2, -0.15) is 4.68 Å². The predicted molar refractivity (Wildman–Crippen MR) is 102 cm³/mol. The summed E-state index contributed by atoms with van der Waals surface area (Å²) in [5.74, 6) is 0.672. The van der Waals surface area contributed by atoms with Crippen LogP contribution in [0.15, 0.2) is 47.6 Å². The highest BCUT2D eigenvalue weighted by Gasteiger charge is 2.13. The van der Waals surface area contributed by atoms with Crippen molar-refractivity contribution in [3.63, 3.8) is 0 Å². The molecule has 0 aliphatic rings. The fourth-order valence-corrected chi connectivity index (χ4v) is 3.73. The Morgan fingerprint density at radius 1 is 0.885 bits per heavy atom. The number of thioether (sulfide) groups is 1. The number of tetrazole rings is 1. The van der Waals surface area contributed by atoms with Crippen LogP contribution < -0.4 is 0 Å². The number of benzene rings is 2. The van der Waals surface area contributed by atoms with Gasteiger partial charge in [0.2, 0.25) is 5.16 Å². The van der Waals surface area contributed by atoms with Crippen LogP contribution in [0.25, 0.3) is 16.5 Å². The van der Waals surface area contributed by atoms with Gasteiger partial charge in [0, 0.05) is 11.1 Å². The number of nitrogens with zero attached hydrogens (tertiary/aromatic N) is 6. The van der Waals surface area contributed by atoms with Gasteiger partial charge in [-0.05, 0) is 42.7 Å². The molecule has 0 unspecified atom stereocenters. The van der Waals surface area contributed by atoms with Crippen molar-refractivity contribution in [2.24, 2.45) is 0 Å². The van der Waals surface area contributed by atoms with Crippen molar-refractivity contribution in [2.75, 3.05) is 0 Å². The molecule has 2 aromatic heterocycles. The van der Waals surface area contributed by atoms with Crippen LogP contribution in [0.4, 0.5) is 0 Å². The number of aromatic nitrogens is 6. The molecule has 0 radical (unpaired) electrons. The first-order valence-corrected chi connectivity index (χ1v) is 9.32. The van der Waals surface area contributed by atoms with E-state index in [0.29, 0.717) is 5.75 Å². The Kier molecular flexibility index (Phi) is 4.38. The molecular weight excluding hydrogens is 344 g/mol. The quantitative estimate of drug-likeness (QED) is 0.514. The van der Waals surface area contributed by atoms with E-state index >= 15 is 0 Å². The average molecular weight is 362 g/mol. The first kappa shape index (κ1) is 16.7. The number of aryl methyl sites for hydroxylation is 3. The summed E-state index contributed by atoms with van der Waals surface area (Å²) in [4.78, 5) is 9.22. The van der Waals surface area contributed by atoms with Gasteiger partial charge in [0.25, 0.3) is 0 Å². The molecule has 26 heavy (non-hydrogen) atoms. The van der Waals surface area contributed by atoms with E-state index in [1.165, 1.54) is 0 Å². The van der Waals surface area contributed by atoms with Crippen LogP contribution in [0, 0.1) is 20.8 Å². The number of hydrogen-bond acceptors (Lipinski definition) is 6. The number of hydrogen-bond donors (Lipinski definition) is 0. The fourth-order valence-electron chi connectivity index (χ4n) is 2.84. The van der Waals surface area contributed by atoms with Gasteiger partial charge in [-0.15, -0.1) is 5.10 Å². The molecule has 0 saturated heterocycles. The fraction of sp³-hybridized carbons (Fsp3) is 0.211. The van der Waals surface area contributed by atoms with Crippen molar-refractivity contribution in [1.82, 2.24) is 30.2 Å². The van der Waals surface area contributed by atoms with Crippen molar-refractivity contribution in [3.05, 3.63) is 65.2 Å². The molecule has 130 valence electrons. The molecule has 2 aromatic carbocycles. The number of fused-ring (bicyclic) bond motifs is 1. The minimum Gasteiger partial charge on any atom is -0.255 e. The molecule has 2 heterocycles. The summed E-state index contributed by atoms with van der Waals surface area (Å²) in [7, 11) is 0. The monoisotopic (exact) mass is 362 g/mol. The average Bonchev–Trinajstić information content (AvgIpc) is 3.11. The zero-order valence-electron chi connectivity index (χ0n) is 14.8. The van der Waals surface area contributed by atoms with E-state index in [1.807, 2.05) is 45.0 Å². The van der Waals surface area contributed by atoms with Crippen LogP contribution in [0.1, 0.15) is 22.8 Å². The first-order valence-electron chi connectivity index (χ1n) is 8.33. The molecule has 0 amide bonds. The maximum atomic E-state index is 4.66. The Hall–Kier alpha value is -2.80. The molecule has 0 aliphatic carbocycles. The highest BCUT2D eigenvalue weighted by molar-refractivity contribution is 7.98. The van der Waals surface area contributed by atoms with Crippen LogP contribution >= 0.6 is 11.8 Å². The van der Waals surface area contributed by atoms with Crippen molar-refractivity contribution in [3.8, 4) is 5.69 Å². The lowest BCUT2D eigenvalue weighted by Crippen LogP contribution is -2.03. The zero-order valence-corrected chi connectivity index (χ0v) is 15.7. The zero-order chi connectivity index (χ0) is 18.1. The predicted octanol–water partition coefficient (Wildman–Crippen LogP) is 3.82. The van der Waals surface area contributed by atoms with Gasteiger partial charge < -0.3 is 0 Å². The standard InChI is InChI=1S/C19H18N6S/c1-12-13(2)21-17(14(3)20-12)11-26-19-22-23-24-25(19)18-10-6-8-15-7-4-5-9-16(15)18/h4-10H,11H2,1-3H3. The van der Waals surface area contributed by atoms with Crippen LogP contribution in [-0.4, -0.2) is 30.2 Å². The largest absolute Gasteiger partial charge is 0.255 e. The second-order valence-electron chi connectivity index (χ2n) is 6.09. The highest BCUT2D eigenvalue weighted by Crippen LogP contribution is 2.27. The van der Waals surface area contributed by atoms with E-state index < -0.39 is 0 Å². The summed E-state index contributed by atoms with van der Waals surface area (Å²) >= 11 is 1.56. The van der Waals surface area contributed by atoms with Crippen molar-refractivity contribution >= 4 is 22.5 Å². The van der Waals surface area contributed by atoms with Gasteiger partial charge in [0.05, 0.1) is 28.5 Å². The minimum atomic E-state index is 0.672. The van der Waals surface area contributed by atoms with E-state index in [9.17, 15) is 0 Å². The topological polar surface area (TPSA) is 69.4 Å². The Labute approximate surface area is 155 Å². The van der Waals surface area contributed by atoms with E-state index in [1.54, 1.807) is 16.4 Å². The molecule has 6 nitrogen and oxygen atoms in total. The molecule has 0 fully saturated rings. The second kappa shape index (κ2) is 6.84. The van der Waals surface area contributed by atoms with Gasteiger partial charge in [-0.3, -0.25) is 9.97 Å². The summed E-state index contributed by atoms with van der Waals surface area (Å²) in [5.41, 5.74) is 4.81. The van der Waals surface area contributed by atoms with Crippen LogP contribution in [0.3, 0.4) is 0 Å². The van der Waals surface area contributed by atoms with Crippen LogP contribution in [-0.2, 0) is 5.75 Å². The summed E-state index contributed by atoms with van der Waals surface area (Å²) in [6.45, 7) is 5.95. The van der Waals surface area contributed by atoms with E-state index in [0.717, 1.165) is 44.4 Å². The summed E-state index contributed by atoms with van der Waals surface area (Å²) < 4.78 is 1.79. The molecule has 7 heteroatoms. The Bertz CT molecular complexity index is 1080. The van der Waals surface area contributed by atoms with Crippen LogP contribution in [0.5, 0.6) is 0 Å². The first-order chi connectivity index (χ1) is 12.6. The van der Waals surface area contributed by atoms with Crippen molar-refractivity contribution < 1.29 is 0 Å². The lowest BCUT2D eigenvalue weighted by Gasteiger charge is -2.09. The third-order valence-corrected chi connectivity index (χ3v) is 5.28. The van der Waals surface area contributed by atoms with Gasteiger partial charge in [0.1, 0.15) is 0 Å². The summed E-state index contributed by atoms with van der Waals surface area (Å²) in [5, 5.41) is 15.3. The third kappa shape index (κ3) is 3.06. The molecule has 0 saturated carbocycles. The Morgan fingerprint density at radius 2 is 1.65 bits per heavy atom. The molecule has 0 aliphatic heterocycles. The molecule has 0 atom stereocenters. The molecule has 0 N–H and O–H groups in total. The van der Waals surface area contributed by atoms with Gasteiger partial charge in [-0.1, -0.05) is 48.2 Å². The Balaban J connectivity index is 1.67. The van der Waals surface area contributed by atoms with Crippen molar-refractivity contribution in [2.45, 2.75) is 31.7 Å². The smallest absolute Gasteiger partial charge is 0.214 e. The molecule has 0 bridgehead atoms. The van der Waals surface area contributed by atoms with E-state index in [-0.39, 0.29) is 0 Å². The highest BCUT2D eigenvalue weighted by atomic mass is 32.2. The van der Waals surface area contributed by atoms with Crippen LogP contribution in [0.2, 0.25) is 0 Å². The van der Waals surface area contributed by atoms with E-state index in [4.69, 9.17) is 0 Å². The molecule has 4 aromatic rings. The van der Waals surface area contributed by atoms with Gasteiger partial charge in [0.15, 0.2) is 0 Å². The second-order valence-corrected chi connectivity index (χ2v) is 7.03. The summed E-state index contributed by atoms with van der Waals surface area (Å²) in [6, 6.07) is 14.4. The lowest BCUT2D eigenvalue weighted by molar-refractivity contribution is 0.761. The SMILES string of the molecule is Cc1nc(C)c(CSc2nnnn2-c2cccc3ccccc23)nc1C. The van der Waals surface area contributed by atoms with E-state index in [2.05, 4.69) is 43.7 Å². The Morgan fingerprint density at radius 3 is 2.54 bits per heavy atom. The normalized spacial score (nSPS) is 11.2.